The number of hydrogen-bond acceptors (Lipinski definition) is 3. The third kappa shape index (κ3) is 2.73. The summed E-state index contributed by atoms with van der Waals surface area (Å²) < 4.78 is 0. The van der Waals surface area contributed by atoms with Crippen LogP contribution in [0.2, 0.25) is 0 Å². The molecular formula is C15H24N2O4. The van der Waals surface area contributed by atoms with E-state index in [9.17, 15) is 19.8 Å². The number of nitrogens with zero attached hydrogens (tertiary/aromatic N) is 1. The van der Waals surface area contributed by atoms with E-state index in [1.165, 1.54) is 0 Å². The Balaban J connectivity index is 1.61. The fourth-order valence-electron chi connectivity index (χ4n) is 4.28. The van der Waals surface area contributed by atoms with Crippen LogP contribution in [0.25, 0.3) is 0 Å². The number of carbonyl (C=O) groups excluding carboxylic acids is 1. The first-order valence-electron chi connectivity index (χ1n) is 7.88. The van der Waals surface area contributed by atoms with Gasteiger partial charge in [0.25, 0.3) is 0 Å². The lowest BCUT2D eigenvalue weighted by Gasteiger charge is -2.37. The van der Waals surface area contributed by atoms with Crippen LogP contribution in [-0.4, -0.2) is 51.8 Å². The Morgan fingerprint density at radius 2 is 1.81 bits per heavy atom. The zero-order valence-corrected chi connectivity index (χ0v) is 12.4. The number of piperidine rings is 1. The molecule has 6 heteroatoms. The Bertz CT molecular complexity index is 441. The SMILES string of the molecule is CC1(O)CCN(C(=O)NC2C3CCC(C3)C2C(=O)O)CC1. The fourth-order valence-corrected chi connectivity index (χ4v) is 4.28. The van der Waals surface area contributed by atoms with Crippen LogP contribution < -0.4 is 5.32 Å². The van der Waals surface area contributed by atoms with E-state index in [1.807, 2.05) is 0 Å². The second kappa shape index (κ2) is 5.16. The van der Waals surface area contributed by atoms with Gasteiger partial charge in [0, 0.05) is 19.1 Å². The lowest BCUT2D eigenvalue weighted by Crippen LogP contribution is -2.54. The summed E-state index contributed by atoms with van der Waals surface area (Å²) in [5.41, 5.74) is -0.688. The highest BCUT2D eigenvalue weighted by Gasteiger charge is 2.51. The third-order valence-electron chi connectivity index (χ3n) is 5.62. The Morgan fingerprint density at radius 3 is 2.43 bits per heavy atom. The number of hydrogen-bond donors (Lipinski definition) is 3. The molecule has 1 heterocycles. The second-order valence-corrected chi connectivity index (χ2v) is 7.16. The number of aliphatic hydroxyl groups is 1. The summed E-state index contributed by atoms with van der Waals surface area (Å²) in [6.07, 6.45) is 4.06. The Morgan fingerprint density at radius 1 is 1.19 bits per heavy atom. The van der Waals surface area contributed by atoms with Crippen LogP contribution in [0.3, 0.4) is 0 Å². The molecule has 3 N–H and O–H groups in total. The number of carbonyl (C=O) groups is 2. The van der Waals surface area contributed by atoms with E-state index in [0.29, 0.717) is 31.8 Å². The predicted octanol–water partition coefficient (Wildman–Crippen LogP) is 1.04. The molecule has 0 spiro atoms. The maximum absolute atomic E-state index is 12.3. The third-order valence-corrected chi connectivity index (χ3v) is 5.62. The van der Waals surface area contributed by atoms with Crippen LogP contribution in [0.1, 0.15) is 39.0 Å². The van der Waals surface area contributed by atoms with Gasteiger partial charge in [-0.3, -0.25) is 4.79 Å². The first-order chi connectivity index (χ1) is 9.87. The molecule has 21 heavy (non-hydrogen) atoms. The zero-order valence-electron chi connectivity index (χ0n) is 12.4. The smallest absolute Gasteiger partial charge is 0.317 e. The molecule has 3 fully saturated rings. The van der Waals surface area contributed by atoms with Gasteiger partial charge in [0.05, 0.1) is 11.5 Å². The van der Waals surface area contributed by atoms with Gasteiger partial charge in [0.1, 0.15) is 0 Å². The highest BCUT2D eigenvalue weighted by molar-refractivity contribution is 5.77. The lowest BCUT2D eigenvalue weighted by molar-refractivity contribution is -0.144. The first kappa shape index (κ1) is 14.6. The average Bonchev–Trinajstić information content (AvgIpc) is 2.98. The summed E-state index contributed by atoms with van der Waals surface area (Å²) >= 11 is 0. The van der Waals surface area contributed by atoms with Gasteiger partial charge in [0.15, 0.2) is 0 Å². The van der Waals surface area contributed by atoms with Gasteiger partial charge in [0.2, 0.25) is 0 Å². The molecule has 2 bridgehead atoms. The zero-order chi connectivity index (χ0) is 15.2. The Labute approximate surface area is 124 Å². The second-order valence-electron chi connectivity index (χ2n) is 7.16. The molecule has 2 aliphatic carbocycles. The minimum absolute atomic E-state index is 0.172. The summed E-state index contributed by atoms with van der Waals surface area (Å²) in [6.45, 7) is 2.84. The summed E-state index contributed by atoms with van der Waals surface area (Å²) in [5, 5.41) is 22.3. The van der Waals surface area contributed by atoms with Crippen molar-refractivity contribution in [3.63, 3.8) is 0 Å². The van der Waals surface area contributed by atoms with Crippen molar-refractivity contribution in [1.82, 2.24) is 10.2 Å². The molecule has 3 rings (SSSR count). The molecule has 6 nitrogen and oxygen atoms in total. The van der Waals surface area contributed by atoms with Crippen molar-refractivity contribution in [3.8, 4) is 0 Å². The van der Waals surface area contributed by atoms with Gasteiger partial charge in [-0.15, -0.1) is 0 Å². The quantitative estimate of drug-likeness (QED) is 0.710. The average molecular weight is 296 g/mol. The molecule has 0 aromatic heterocycles. The molecule has 1 aliphatic heterocycles. The van der Waals surface area contributed by atoms with Crippen molar-refractivity contribution < 1.29 is 19.8 Å². The highest BCUT2D eigenvalue weighted by Crippen LogP contribution is 2.48. The largest absolute Gasteiger partial charge is 0.481 e. The minimum atomic E-state index is -0.783. The molecule has 2 amide bonds. The number of amides is 2. The number of nitrogens with one attached hydrogen (secondary N) is 1. The number of carboxylic acid groups (broad SMARTS) is 1. The van der Waals surface area contributed by atoms with Crippen molar-refractivity contribution in [1.29, 1.82) is 0 Å². The van der Waals surface area contributed by atoms with Crippen LogP contribution in [-0.2, 0) is 4.79 Å². The van der Waals surface area contributed by atoms with Gasteiger partial charge in [-0.1, -0.05) is 0 Å². The van der Waals surface area contributed by atoms with E-state index in [2.05, 4.69) is 5.32 Å². The minimum Gasteiger partial charge on any atom is -0.481 e. The molecular weight excluding hydrogens is 272 g/mol. The van der Waals surface area contributed by atoms with Crippen molar-refractivity contribution in [2.45, 2.75) is 50.7 Å². The van der Waals surface area contributed by atoms with Crippen LogP contribution in [0, 0.1) is 17.8 Å². The molecule has 2 saturated carbocycles. The van der Waals surface area contributed by atoms with E-state index in [1.54, 1.807) is 11.8 Å². The van der Waals surface area contributed by atoms with Gasteiger partial charge in [-0.25, -0.2) is 4.79 Å². The number of fused-ring (bicyclic) bond motifs is 2. The normalized spacial score (nSPS) is 37.5. The van der Waals surface area contributed by atoms with Crippen LogP contribution >= 0.6 is 0 Å². The molecule has 1 saturated heterocycles. The number of carboxylic acids is 1. The van der Waals surface area contributed by atoms with E-state index >= 15 is 0 Å². The van der Waals surface area contributed by atoms with E-state index < -0.39 is 17.5 Å². The van der Waals surface area contributed by atoms with Crippen molar-refractivity contribution in [3.05, 3.63) is 0 Å². The Hall–Kier alpha value is -1.30. The van der Waals surface area contributed by atoms with E-state index in [4.69, 9.17) is 0 Å². The van der Waals surface area contributed by atoms with Gasteiger partial charge in [-0.05, 0) is 50.9 Å². The molecule has 4 atom stereocenters. The number of urea groups is 1. The topological polar surface area (TPSA) is 89.9 Å². The molecule has 4 unspecified atom stereocenters. The number of rotatable bonds is 2. The number of likely N-dealkylation sites (tertiary alicyclic amines) is 1. The standard InChI is InChI=1S/C15H24N2O4/c1-15(21)4-6-17(7-5-15)14(20)16-12-10-3-2-9(8-10)11(12)13(18)19/h9-12,21H,2-8H2,1H3,(H,16,20)(H,18,19). The van der Waals surface area contributed by atoms with Crippen LogP contribution in [0.4, 0.5) is 4.79 Å². The molecule has 0 aromatic rings. The molecule has 0 aromatic carbocycles. The summed E-state index contributed by atoms with van der Waals surface area (Å²) in [7, 11) is 0. The summed E-state index contributed by atoms with van der Waals surface area (Å²) in [5.74, 6) is -0.678. The van der Waals surface area contributed by atoms with E-state index in [0.717, 1.165) is 19.3 Å². The lowest BCUT2D eigenvalue weighted by atomic mass is 9.84. The molecule has 0 radical (unpaired) electrons. The molecule has 118 valence electrons. The predicted molar refractivity (Wildman–Crippen MR) is 75.7 cm³/mol. The number of aliphatic carboxylic acids is 1. The summed E-state index contributed by atoms with van der Waals surface area (Å²) in [6, 6.07) is -0.398. The van der Waals surface area contributed by atoms with Crippen LogP contribution in [0.15, 0.2) is 0 Å². The Kier molecular flexibility index (Phi) is 3.59. The van der Waals surface area contributed by atoms with Gasteiger partial charge >= 0.3 is 12.0 Å². The first-order valence-corrected chi connectivity index (χ1v) is 7.88. The van der Waals surface area contributed by atoms with Crippen molar-refractivity contribution in [2.75, 3.05) is 13.1 Å². The van der Waals surface area contributed by atoms with Crippen molar-refractivity contribution in [2.24, 2.45) is 17.8 Å². The van der Waals surface area contributed by atoms with Gasteiger partial charge in [-0.2, -0.15) is 0 Å². The van der Waals surface area contributed by atoms with Crippen LogP contribution in [0.5, 0.6) is 0 Å². The highest BCUT2D eigenvalue weighted by atomic mass is 16.4. The summed E-state index contributed by atoms with van der Waals surface area (Å²) in [4.78, 5) is 25.5. The fraction of sp³-hybridized carbons (Fsp3) is 0.867. The maximum atomic E-state index is 12.3. The van der Waals surface area contributed by atoms with Crippen molar-refractivity contribution >= 4 is 12.0 Å². The monoisotopic (exact) mass is 296 g/mol. The van der Waals surface area contributed by atoms with E-state index in [-0.39, 0.29) is 18.0 Å². The molecule has 3 aliphatic rings. The maximum Gasteiger partial charge on any atom is 0.317 e. The van der Waals surface area contributed by atoms with Gasteiger partial charge < -0.3 is 20.4 Å².